The second kappa shape index (κ2) is 8.08. The Hall–Kier alpha value is -0.910. The highest BCUT2D eigenvalue weighted by Gasteiger charge is 2.51. The lowest BCUT2D eigenvalue weighted by Crippen LogP contribution is -2.46. The molecule has 154 valence electrons. The molecular formula is C22H30ClNO3S. The van der Waals surface area contributed by atoms with E-state index in [1.807, 2.05) is 0 Å². The van der Waals surface area contributed by atoms with E-state index in [9.17, 15) is 9.59 Å². The van der Waals surface area contributed by atoms with E-state index in [1.165, 1.54) is 49.9 Å². The van der Waals surface area contributed by atoms with E-state index in [-0.39, 0.29) is 11.3 Å². The maximum Gasteiger partial charge on any atom is 0.277 e. The largest absolute Gasteiger partial charge is 0.300 e. The van der Waals surface area contributed by atoms with Crippen LogP contribution < -0.4 is 5.48 Å². The fourth-order valence-corrected chi connectivity index (χ4v) is 8.19. The van der Waals surface area contributed by atoms with E-state index < -0.39 is 5.91 Å². The van der Waals surface area contributed by atoms with Crippen molar-refractivity contribution in [2.24, 2.45) is 23.2 Å². The molecule has 6 heteroatoms. The van der Waals surface area contributed by atoms with E-state index >= 15 is 0 Å². The van der Waals surface area contributed by atoms with Crippen molar-refractivity contribution in [3.05, 3.63) is 20.8 Å². The van der Waals surface area contributed by atoms with Crippen LogP contribution in [-0.4, -0.2) is 16.9 Å². The SMILES string of the molecule is CCC[C@@H](CC(=O)CC12CC3CC(CC(C3)C1)C2)c1cc(C(=O)NO)c(Cl)s1. The van der Waals surface area contributed by atoms with Gasteiger partial charge in [0.05, 0.1) is 5.56 Å². The van der Waals surface area contributed by atoms with Crippen LogP contribution in [0.1, 0.15) is 92.3 Å². The number of thiophene rings is 1. The fourth-order valence-electron chi connectivity index (χ4n) is 6.77. The lowest BCUT2D eigenvalue weighted by Gasteiger charge is -2.56. The number of halogens is 1. The first-order valence-electron chi connectivity index (χ1n) is 10.7. The molecule has 4 aliphatic carbocycles. The Morgan fingerprint density at radius 2 is 1.86 bits per heavy atom. The lowest BCUT2D eigenvalue weighted by atomic mass is 9.48. The summed E-state index contributed by atoms with van der Waals surface area (Å²) in [4.78, 5) is 25.9. The van der Waals surface area contributed by atoms with E-state index in [4.69, 9.17) is 16.8 Å². The van der Waals surface area contributed by atoms with E-state index in [0.717, 1.165) is 41.9 Å². The molecule has 0 saturated heterocycles. The van der Waals surface area contributed by atoms with Crippen LogP contribution in [-0.2, 0) is 4.79 Å². The minimum absolute atomic E-state index is 0.106. The number of ketones is 1. The van der Waals surface area contributed by atoms with Crippen LogP contribution in [0.15, 0.2) is 6.07 Å². The smallest absolute Gasteiger partial charge is 0.277 e. The molecule has 1 atom stereocenters. The normalized spacial score (nSPS) is 31.8. The summed E-state index contributed by atoms with van der Waals surface area (Å²) in [5, 5.41) is 8.89. The second-order valence-electron chi connectivity index (χ2n) is 9.60. The highest BCUT2D eigenvalue weighted by atomic mass is 35.5. The van der Waals surface area contributed by atoms with Crippen molar-refractivity contribution < 1.29 is 14.8 Å². The molecular weight excluding hydrogens is 394 g/mol. The monoisotopic (exact) mass is 423 g/mol. The minimum atomic E-state index is -0.595. The van der Waals surface area contributed by atoms with Gasteiger partial charge in [0.1, 0.15) is 10.1 Å². The number of carbonyl (C=O) groups is 2. The van der Waals surface area contributed by atoms with E-state index in [0.29, 0.717) is 22.1 Å². The summed E-state index contributed by atoms with van der Waals surface area (Å²) < 4.78 is 0.371. The van der Waals surface area contributed by atoms with Crippen molar-refractivity contribution in [2.45, 2.75) is 77.0 Å². The van der Waals surface area contributed by atoms with Gasteiger partial charge < -0.3 is 0 Å². The van der Waals surface area contributed by atoms with Crippen LogP contribution in [0.3, 0.4) is 0 Å². The van der Waals surface area contributed by atoms with Crippen LogP contribution in [0, 0.1) is 23.2 Å². The third-order valence-electron chi connectivity index (χ3n) is 7.30. The number of rotatable bonds is 8. The molecule has 4 bridgehead atoms. The molecule has 1 heterocycles. The molecule has 2 N–H and O–H groups in total. The lowest BCUT2D eigenvalue weighted by molar-refractivity contribution is -0.127. The molecule has 5 rings (SSSR count). The second-order valence-corrected chi connectivity index (χ2v) is 11.3. The van der Waals surface area contributed by atoms with E-state index in [2.05, 4.69) is 6.92 Å². The quantitative estimate of drug-likeness (QED) is 0.399. The topological polar surface area (TPSA) is 66.4 Å². The van der Waals surface area contributed by atoms with Crippen molar-refractivity contribution >= 4 is 34.6 Å². The van der Waals surface area contributed by atoms with Gasteiger partial charge in [0.25, 0.3) is 5.91 Å². The molecule has 4 saturated carbocycles. The van der Waals surface area contributed by atoms with Gasteiger partial charge in [-0.25, -0.2) is 5.48 Å². The number of hydrogen-bond acceptors (Lipinski definition) is 4. The van der Waals surface area contributed by atoms with Crippen LogP contribution in [0.5, 0.6) is 0 Å². The molecule has 0 spiro atoms. The molecule has 0 radical (unpaired) electrons. The molecule has 1 amide bonds. The van der Waals surface area contributed by atoms with Crippen molar-refractivity contribution in [1.29, 1.82) is 0 Å². The van der Waals surface area contributed by atoms with Crippen LogP contribution in [0.4, 0.5) is 0 Å². The zero-order chi connectivity index (χ0) is 19.9. The van der Waals surface area contributed by atoms with Crippen molar-refractivity contribution in [3.8, 4) is 0 Å². The molecule has 0 aromatic carbocycles. The standard InChI is InChI=1S/C22H30ClNO3S/c1-2-3-16(19-8-18(20(23)28-19)21(26)24-27)7-17(25)12-22-9-13-4-14(10-22)6-15(5-13)11-22/h8,13-16,27H,2-7,9-12H2,1H3,(H,24,26)/t13?,14?,15?,16-,22?/m0/s1. The molecule has 0 aliphatic heterocycles. The number of amides is 1. The van der Waals surface area contributed by atoms with Gasteiger partial charge in [-0.05, 0) is 74.2 Å². The summed E-state index contributed by atoms with van der Waals surface area (Å²) in [6.45, 7) is 2.12. The zero-order valence-corrected chi connectivity index (χ0v) is 18.1. The highest BCUT2D eigenvalue weighted by Crippen LogP contribution is 2.61. The molecule has 0 unspecified atom stereocenters. The summed E-state index contributed by atoms with van der Waals surface area (Å²) in [6, 6.07) is 1.75. The van der Waals surface area contributed by atoms with Crippen LogP contribution in [0.2, 0.25) is 4.34 Å². The Bertz CT molecular complexity index is 724. The summed E-state index contributed by atoms with van der Waals surface area (Å²) in [6.07, 6.45) is 11.1. The zero-order valence-electron chi connectivity index (χ0n) is 16.5. The van der Waals surface area contributed by atoms with Gasteiger partial charge in [0.15, 0.2) is 0 Å². The molecule has 1 aromatic heterocycles. The first-order chi connectivity index (χ1) is 13.4. The number of Topliss-reactive ketones (excluding diaryl/α,β-unsaturated/α-hetero) is 1. The third kappa shape index (κ3) is 4.03. The third-order valence-corrected chi connectivity index (χ3v) is 8.82. The average molecular weight is 424 g/mol. The first-order valence-corrected chi connectivity index (χ1v) is 11.9. The number of carbonyl (C=O) groups excluding carboxylic acids is 2. The predicted molar refractivity (Wildman–Crippen MR) is 111 cm³/mol. The Kier molecular flexibility index (Phi) is 5.88. The Balaban J connectivity index is 1.45. The van der Waals surface area contributed by atoms with Crippen LogP contribution >= 0.6 is 22.9 Å². The van der Waals surface area contributed by atoms with Gasteiger partial charge in [-0.1, -0.05) is 24.9 Å². The molecule has 28 heavy (non-hydrogen) atoms. The van der Waals surface area contributed by atoms with Gasteiger partial charge in [-0.15, -0.1) is 11.3 Å². The molecule has 4 fully saturated rings. The predicted octanol–water partition coefficient (Wildman–Crippen LogP) is 5.97. The maximum absolute atomic E-state index is 13.1. The minimum Gasteiger partial charge on any atom is -0.300 e. The molecule has 4 aliphatic rings. The van der Waals surface area contributed by atoms with Crippen LogP contribution in [0.25, 0.3) is 0 Å². The van der Waals surface area contributed by atoms with Crippen molar-refractivity contribution in [3.63, 3.8) is 0 Å². The highest BCUT2D eigenvalue weighted by molar-refractivity contribution is 7.16. The summed E-state index contributed by atoms with van der Waals surface area (Å²) >= 11 is 7.57. The molecule has 4 nitrogen and oxygen atoms in total. The van der Waals surface area contributed by atoms with Crippen molar-refractivity contribution in [2.75, 3.05) is 0 Å². The maximum atomic E-state index is 13.1. The fraction of sp³-hybridized carbons (Fsp3) is 0.727. The van der Waals surface area contributed by atoms with Gasteiger partial charge >= 0.3 is 0 Å². The Labute approximate surface area is 176 Å². The van der Waals surface area contributed by atoms with Gasteiger partial charge in [0, 0.05) is 23.6 Å². The summed E-state index contributed by atoms with van der Waals surface area (Å²) in [5.74, 6) is 2.47. The molecule has 1 aromatic rings. The van der Waals surface area contributed by atoms with Crippen molar-refractivity contribution in [1.82, 2.24) is 5.48 Å². The van der Waals surface area contributed by atoms with E-state index in [1.54, 1.807) is 11.5 Å². The number of nitrogens with one attached hydrogen (secondary N) is 1. The summed E-state index contributed by atoms with van der Waals surface area (Å²) in [7, 11) is 0. The Morgan fingerprint density at radius 3 is 2.39 bits per heavy atom. The van der Waals surface area contributed by atoms with Gasteiger partial charge in [-0.3, -0.25) is 14.8 Å². The summed E-state index contributed by atoms with van der Waals surface area (Å²) in [5.41, 5.74) is 2.21. The van der Waals surface area contributed by atoms with Gasteiger partial charge in [0.2, 0.25) is 0 Å². The first kappa shape index (κ1) is 20.4. The Morgan fingerprint density at radius 1 is 1.25 bits per heavy atom. The number of hydroxylamine groups is 1. The average Bonchev–Trinajstić information content (AvgIpc) is 3.00. The van der Waals surface area contributed by atoms with Gasteiger partial charge in [-0.2, -0.15) is 0 Å². The number of hydrogen-bond donors (Lipinski definition) is 2.